The molecule has 0 spiro atoms. The van der Waals surface area contributed by atoms with E-state index in [1.54, 1.807) is 22.7 Å². The fourth-order valence-corrected chi connectivity index (χ4v) is 11.9. The Balaban J connectivity index is -0.000000330. The molecule has 0 saturated carbocycles. The number of thiazole rings is 3. The number of allylic oxidation sites excluding steroid dienone is 1. The van der Waals surface area contributed by atoms with Gasteiger partial charge in [0.2, 0.25) is 0 Å². The highest BCUT2D eigenvalue weighted by Crippen LogP contribution is 2.32. The van der Waals surface area contributed by atoms with E-state index in [1.165, 1.54) is 83.5 Å². The van der Waals surface area contributed by atoms with Crippen LogP contribution in [0, 0.1) is 94.7 Å². The maximum absolute atomic E-state index is 4.72. The topological polar surface area (TPSA) is 74.8 Å². The first kappa shape index (κ1) is 102. The van der Waals surface area contributed by atoms with E-state index >= 15 is 0 Å². The Morgan fingerprint density at radius 1 is 0.385 bits per heavy atom. The van der Waals surface area contributed by atoms with E-state index in [0.717, 1.165) is 100 Å². The molecule has 96 heavy (non-hydrogen) atoms. The second kappa shape index (κ2) is 66.7. The van der Waals surface area contributed by atoms with Gasteiger partial charge < -0.3 is 16.0 Å². The minimum atomic E-state index is 0.531. The van der Waals surface area contributed by atoms with Crippen molar-refractivity contribution in [1.29, 1.82) is 0 Å². The maximum atomic E-state index is 4.72. The quantitative estimate of drug-likeness (QED) is 0.0329. The van der Waals surface area contributed by atoms with E-state index in [-0.39, 0.29) is 0 Å². The molecule has 9 heteroatoms. The Bertz CT molecular complexity index is 2340. The maximum Gasteiger partial charge on any atom is 0.0961 e. The molecule has 0 saturated heterocycles. The summed E-state index contributed by atoms with van der Waals surface area (Å²) in [6, 6.07) is 1.78. The smallest absolute Gasteiger partial charge is 0.0961 e. The summed E-state index contributed by atoms with van der Waals surface area (Å²) < 4.78 is 0. The molecule has 0 fully saturated rings. The fraction of sp³-hybridized carbons (Fsp3) is 0.805. The lowest BCUT2D eigenvalue weighted by molar-refractivity contribution is 0.482. The zero-order valence-corrected chi connectivity index (χ0v) is 72.5. The highest BCUT2D eigenvalue weighted by molar-refractivity contribution is 7.10. The van der Waals surface area contributed by atoms with Gasteiger partial charge in [-0.1, -0.05) is 273 Å². The highest BCUT2D eigenvalue weighted by Gasteiger charge is 2.18. The van der Waals surface area contributed by atoms with Gasteiger partial charge in [0.1, 0.15) is 0 Å². The van der Waals surface area contributed by atoms with Crippen LogP contribution >= 0.6 is 34.0 Å². The Hall–Kier alpha value is -2.81. The van der Waals surface area contributed by atoms with E-state index in [4.69, 9.17) is 4.98 Å². The van der Waals surface area contributed by atoms with Crippen molar-refractivity contribution < 1.29 is 0 Å². The lowest BCUT2D eigenvalue weighted by Gasteiger charge is -2.15. The van der Waals surface area contributed by atoms with Gasteiger partial charge in [0.25, 0.3) is 0 Å². The van der Waals surface area contributed by atoms with Gasteiger partial charge in [-0.3, -0.25) is 0 Å². The first-order valence-electron chi connectivity index (χ1n) is 38.9. The number of unbranched alkanes of at least 4 members (excludes halogenated alkanes) is 1. The van der Waals surface area contributed by atoms with Crippen molar-refractivity contribution >= 4 is 34.0 Å². The molecule has 0 amide bonds. The van der Waals surface area contributed by atoms with Crippen molar-refractivity contribution in [1.82, 2.24) is 30.9 Å². The summed E-state index contributed by atoms with van der Waals surface area (Å²) in [5.74, 6) is 29.4. The van der Waals surface area contributed by atoms with Crippen LogP contribution in [0.2, 0.25) is 0 Å². The van der Waals surface area contributed by atoms with Gasteiger partial charge in [0.15, 0.2) is 0 Å². The summed E-state index contributed by atoms with van der Waals surface area (Å²) in [5.41, 5.74) is 3.74. The van der Waals surface area contributed by atoms with E-state index in [9.17, 15) is 0 Å². The number of nitrogens with zero attached hydrogens (tertiary/aromatic N) is 3. The number of hydrogen-bond acceptors (Lipinski definition) is 9. The monoisotopic (exact) mass is 1390 g/mol. The molecule has 3 rings (SSSR count). The molecule has 3 aromatic rings. The van der Waals surface area contributed by atoms with Gasteiger partial charge in [-0.2, -0.15) is 0 Å². The van der Waals surface area contributed by atoms with Crippen LogP contribution in [0.3, 0.4) is 0 Å². The predicted molar refractivity (Wildman–Crippen MR) is 444 cm³/mol. The molecule has 2 atom stereocenters. The highest BCUT2D eigenvalue weighted by atomic mass is 32.1. The first-order valence-corrected chi connectivity index (χ1v) is 41.5. The minimum Gasteiger partial charge on any atom is -0.314 e. The predicted octanol–water partition coefficient (Wildman–Crippen LogP) is 27.1. The van der Waals surface area contributed by atoms with Crippen molar-refractivity contribution in [2.75, 3.05) is 19.6 Å². The van der Waals surface area contributed by atoms with Gasteiger partial charge in [0, 0.05) is 104 Å². The van der Waals surface area contributed by atoms with Crippen LogP contribution < -0.4 is 16.0 Å². The summed E-state index contributed by atoms with van der Waals surface area (Å²) in [4.78, 5) is 13.9. The van der Waals surface area contributed by atoms with Crippen LogP contribution in [-0.2, 0) is 6.42 Å². The largest absolute Gasteiger partial charge is 0.314 e. The molecule has 2 unspecified atom stereocenters. The van der Waals surface area contributed by atoms with E-state index in [1.807, 2.05) is 11.3 Å². The summed E-state index contributed by atoms with van der Waals surface area (Å²) in [5, 5.41) is 20.6. The molecule has 0 aliphatic rings. The average Bonchev–Trinajstić information content (AvgIpc) is 1.83. The Kier molecular flexibility index (Phi) is 70.8. The Morgan fingerprint density at radius 3 is 1.16 bits per heavy atom. The van der Waals surface area contributed by atoms with Crippen molar-refractivity contribution in [3.05, 3.63) is 60.4 Å². The Morgan fingerprint density at radius 2 is 0.781 bits per heavy atom. The van der Waals surface area contributed by atoms with Crippen molar-refractivity contribution in [2.45, 2.75) is 379 Å². The number of aromatic nitrogens is 3. The van der Waals surface area contributed by atoms with Gasteiger partial charge in [-0.15, -0.1) is 69.5 Å². The second-order valence-corrected chi connectivity index (χ2v) is 34.9. The van der Waals surface area contributed by atoms with Crippen LogP contribution in [0.5, 0.6) is 0 Å². The first-order chi connectivity index (χ1) is 44.8. The fourth-order valence-electron chi connectivity index (χ4n) is 8.20. The van der Waals surface area contributed by atoms with Crippen LogP contribution in [0.4, 0.5) is 0 Å². The van der Waals surface area contributed by atoms with Crippen LogP contribution in [0.1, 0.15) is 387 Å². The third-order valence-corrected chi connectivity index (χ3v) is 17.8. The molecule has 3 aromatic heterocycles. The number of nitrogens with one attached hydrogen (secondary N) is 3. The van der Waals surface area contributed by atoms with Crippen LogP contribution in [0.15, 0.2) is 28.3 Å². The molecular formula is C87H164N6S3. The van der Waals surface area contributed by atoms with Crippen LogP contribution in [0.25, 0.3) is 0 Å². The van der Waals surface area contributed by atoms with Crippen molar-refractivity contribution in [3.63, 3.8) is 0 Å². The third-order valence-electron chi connectivity index (χ3n) is 14.8. The second-order valence-electron chi connectivity index (χ2n) is 32.2. The SMILES string of the molecule is CC(C)C#CCC(C)C.CC(C)CC#CCCNC(C)C.CC(C)CCC#CCCNC(C)C.CC(C)CCC=CCCNC(C)C.CC(C)CCCCC(C)C.CC(C)Cc1nc(C(C)C)cs1.CC(C)c1csc(C(C)C(C)C)n1.CCC(c1nc(C(C)C)cs1)C(C)C. The molecule has 0 aliphatic carbocycles. The molecule has 0 aliphatic heterocycles. The van der Waals surface area contributed by atoms with Gasteiger partial charge in [-0.25, -0.2) is 15.0 Å². The molecule has 6 nitrogen and oxygen atoms in total. The average molecular weight is 1390 g/mol. The summed E-state index contributed by atoms with van der Waals surface area (Å²) in [6.07, 6.45) is 22.6. The standard InChI is InChI=1S/C12H21NS.C12H25N.C12H23N.C11H19NS.C11H21N.C10H17NS.C10H22.C9H16/c1-6-10(8(2)3)12-13-11(7-14-12)9(4)5;2*1-11(2)9-7-5-6-8-10-13-12(3)4;1-7(2)9(5)11-12-10(6-13-11)8(3)4;1-10(2)8-6-5-7-9-12-11(3)4;1-7(2)5-10-11-9(6-12-10)8(3)4;1-9(2)7-5-6-8-10(3)4;1-8(2)6-5-7-9(3)4/h7-10H,6H2,1-5H3;5-6,11-13H,7-10H2,1-4H3;11-13H,7-10H2,1-4H3;6-9H,1-5H3;10-12H,7-9H2,1-4H3;6-8H,5H2,1-4H3;9-10H,5-8H2,1-4H3;8-9H,6H2,1-4H3. The summed E-state index contributed by atoms with van der Waals surface area (Å²) in [7, 11) is 0. The van der Waals surface area contributed by atoms with Crippen LogP contribution in [-0.4, -0.2) is 52.7 Å². The zero-order chi connectivity index (χ0) is 74.7. The Labute approximate surface area is 615 Å². The minimum absolute atomic E-state index is 0.531. The third kappa shape index (κ3) is 73.9. The zero-order valence-electron chi connectivity index (χ0n) is 70.1. The lowest BCUT2D eigenvalue weighted by atomic mass is 9.94. The van der Waals surface area contributed by atoms with E-state index in [2.05, 4.69) is 325 Å². The van der Waals surface area contributed by atoms with E-state index < -0.39 is 0 Å². The lowest BCUT2D eigenvalue weighted by Crippen LogP contribution is -2.23. The molecule has 3 heterocycles. The normalized spacial score (nSPS) is 11.8. The van der Waals surface area contributed by atoms with Gasteiger partial charge in [-0.05, 0) is 110 Å². The molecule has 0 aromatic carbocycles. The van der Waals surface area contributed by atoms with Crippen molar-refractivity contribution in [2.24, 2.45) is 59.2 Å². The van der Waals surface area contributed by atoms with Crippen molar-refractivity contribution in [3.8, 4) is 35.5 Å². The molecule has 3 N–H and O–H groups in total. The summed E-state index contributed by atoms with van der Waals surface area (Å²) >= 11 is 5.43. The molecular weight excluding hydrogens is 1230 g/mol. The number of rotatable bonds is 32. The number of hydrogen-bond donors (Lipinski definition) is 3. The summed E-state index contributed by atoms with van der Waals surface area (Å²) in [6.45, 7) is 78.6. The van der Waals surface area contributed by atoms with E-state index in [0.29, 0.717) is 71.4 Å². The van der Waals surface area contributed by atoms with Gasteiger partial charge in [0.05, 0.1) is 32.1 Å². The molecule has 560 valence electrons. The molecule has 0 bridgehead atoms. The molecule has 0 radical (unpaired) electrons. The van der Waals surface area contributed by atoms with Gasteiger partial charge >= 0.3 is 0 Å².